The molecule has 0 bridgehead atoms. The number of aromatic nitrogens is 2. The molecule has 0 amide bonds. The molecular weight excluding hydrogens is 266 g/mol. The number of rotatable bonds is 5. The Hall–Kier alpha value is -0.910. The molecule has 1 saturated carbocycles. The molecule has 2 fully saturated rings. The summed E-state index contributed by atoms with van der Waals surface area (Å²) in [6, 6.07) is 0.315. The van der Waals surface area contributed by atoms with E-state index in [1.165, 1.54) is 19.3 Å². The molecule has 1 aliphatic carbocycles. The molecule has 1 saturated heterocycles. The molecule has 0 radical (unpaired) electrons. The molecule has 21 heavy (non-hydrogen) atoms. The summed E-state index contributed by atoms with van der Waals surface area (Å²) >= 11 is 0. The quantitative estimate of drug-likeness (QED) is 0.905. The maximum Gasteiger partial charge on any atom is 0.124 e. The minimum absolute atomic E-state index is 0.0531. The Morgan fingerprint density at radius 2 is 2.10 bits per heavy atom. The molecule has 2 atom stereocenters. The molecule has 1 aromatic heterocycles. The van der Waals surface area contributed by atoms with Crippen molar-refractivity contribution in [3.8, 4) is 0 Å². The Morgan fingerprint density at radius 3 is 2.57 bits per heavy atom. The smallest absolute Gasteiger partial charge is 0.124 e. The predicted molar refractivity (Wildman–Crippen MR) is 81.4 cm³/mol. The van der Waals surface area contributed by atoms with Crippen molar-refractivity contribution in [3.63, 3.8) is 0 Å². The van der Waals surface area contributed by atoms with Crippen LogP contribution in [-0.4, -0.2) is 53.9 Å². The van der Waals surface area contributed by atoms with E-state index in [9.17, 15) is 0 Å². The Labute approximate surface area is 127 Å². The van der Waals surface area contributed by atoms with Crippen LogP contribution in [0.25, 0.3) is 0 Å². The summed E-state index contributed by atoms with van der Waals surface area (Å²) in [5.74, 6) is 1.08. The fourth-order valence-corrected chi connectivity index (χ4v) is 3.59. The summed E-state index contributed by atoms with van der Waals surface area (Å²) in [5.41, 5.74) is 2.31. The SMILES string of the molecule is CO[C@@H]1C[C@@H](c2nc(C)c(C)[nH]2)N(CC2(OC)CCC2)C1. The van der Waals surface area contributed by atoms with Gasteiger partial charge in [-0.3, -0.25) is 4.90 Å². The van der Waals surface area contributed by atoms with Crippen molar-refractivity contribution in [1.29, 1.82) is 0 Å². The van der Waals surface area contributed by atoms with Crippen LogP contribution in [0.5, 0.6) is 0 Å². The summed E-state index contributed by atoms with van der Waals surface area (Å²) in [5, 5.41) is 0. The average Bonchev–Trinajstić information content (AvgIpc) is 2.98. The van der Waals surface area contributed by atoms with Gasteiger partial charge >= 0.3 is 0 Å². The van der Waals surface area contributed by atoms with Crippen molar-refractivity contribution in [2.24, 2.45) is 0 Å². The Morgan fingerprint density at radius 1 is 1.33 bits per heavy atom. The summed E-state index contributed by atoms with van der Waals surface area (Å²) in [6.45, 7) is 6.09. The zero-order valence-corrected chi connectivity index (χ0v) is 13.6. The van der Waals surface area contributed by atoms with Crippen LogP contribution >= 0.6 is 0 Å². The molecule has 2 heterocycles. The van der Waals surface area contributed by atoms with Crippen molar-refractivity contribution >= 4 is 0 Å². The lowest BCUT2D eigenvalue weighted by Gasteiger charge is -2.44. The van der Waals surface area contributed by atoms with Crippen LogP contribution in [0, 0.1) is 13.8 Å². The van der Waals surface area contributed by atoms with E-state index < -0.39 is 0 Å². The number of imidazole rings is 1. The van der Waals surface area contributed by atoms with Gasteiger partial charge in [0.05, 0.1) is 23.4 Å². The van der Waals surface area contributed by atoms with Crippen molar-refractivity contribution in [1.82, 2.24) is 14.9 Å². The monoisotopic (exact) mass is 293 g/mol. The van der Waals surface area contributed by atoms with Crippen LogP contribution < -0.4 is 0 Å². The number of hydrogen-bond acceptors (Lipinski definition) is 4. The highest BCUT2D eigenvalue weighted by Crippen LogP contribution is 2.40. The van der Waals surface area contributed by atoms with Crippen molar-refractivity contribution in [2.45, 2.75) is 57.3 Å². The number of aryl methyl sites for hydroxylation is 2. The van der Waals surface area contributed by atoms with Crippen molar-refractivity contribution < 1.29 is 9.47 Å². The van der Waals surface area contributed by atoms with E-state index in [0.29, 0.717) is 6.04 Å². The number of likely N-dealkylation sites (tertiary alicyclic amines) is 1. The lowest BCUT2D eigenvalue weighted by Crippen LogP contribution is -2.49. The number of aromatic amines is 1. The standard InChI is InChI=1S/C16H27N3O2/c1-11-12(2)18-15(17-11)14-8-13(20-3)9-19(14)10-16(21-4)6-5-7-16/h13-14H,5-10H2,1-4H3,(H,17,18)/t13-,14+/m1/s1. The zero-order valence-electron chi connectivity index (χ0n) is 13.6. The second-order valence-electron chi connectivity index (χ2n) is 6.61. The molecule has 5 heteroatoms. The number of hydrogen-bond donors (Lipinski definition) is 1. The third kappa shape index (κ3) is 2.74. The fourth-order valence-electron chi connectivity index (χ4n) is 3.59. The van der Waals surface area contributed by atoms with E-state index in [4.69, 9.17) is 14.5 Å². The maximum atomic E-state index is 5.80. The van der Waals surface area contributed by atoms with Gasteiger partial charge in [-0.25, -0.2) is 4.98 Å². The van der Waals surface area contributed by atoms with E-state index in [0.717, 1.165) is 36.7 Å². The summed E-state index contributed by atoms with van der Waals surface area (Å²) in [7, 11) is 3.65. The molecule has 2 aliphatic rings. The second-order valence-corrected chi connectivity index (χ2v) is 6.61. The van der Waals surface area contributed by atoms with Gasteiger partial charge in [0.2, 0.25) is 0 Å². The highest BCUT2D eigenvalue weighted by Gasteiger charge is 2.44. The number of ether oxygens (including phenoxy) is 2. The van der Waals surface area contributed by atoms with Crippen LogP contribution in [0.4, 0.5) is 0 Å². The molecule has 0 spiro atoms. The molecule has 118 valence electrons. The topological polar surface area (TPSA) is 50.4 Å². The first kappa shape index (κ1) is 15.0. The van der Waals surface area contributed by atoms with E-state index in [2.05, 4.69) is 23.7 Å². The maximum absolute atomic E-state index is 5.80. The number of H-pyrrole nitrogens is 1. The van der Waals surface area contributed by atoms with Crippen LogP contribution in [0.3, 0.4) is 0 Å². The summed E-state index contributed by atoms with van der Waals surface area (Å²) < 4.78 is 11.4. The molecule has 0 unspecified atom stereocenters. The van der Waals surface area contributed by atoms with Gasteiger partial charge < -0.3 is 14.5 Å². The van der Waals surface area contributed by atoms with E-state index in [-0.39, 0.29) is 11.7 Å². The molecule has 3 rings (SSSR count). The molecular formula is C16H27N3O2. The van der Waals surface area contributed by atoms with Crippen molar-refractivity contribution in [2.75, 3.05) is 27.3 Å². The first-order valence-electron chi connectivity index (χ1n) is 7.92. The number of nitrogens with one attached hydrogen (secondary N) is 1. The Bertz CT molecular complexity index is 471. The van der Waals surface area contributed by atoms with Gasteiger partial charge in [0.15, 0.2) is 0 Å². The summed E-state index contributed by atoms with van der Waals surface area (Å²) in [4.78, 5) is 10.7. The molecule has 1 N–H and O–H groups in total. The molecule has 1 aromatic rings. The van der Waals surface area contributed by atoms with Gasteiger partial charge in [0.1, 0.15) is 5.82 Å². The van der Waals surface area contributed by atoms with Gasteiger partial charge in [0.25, 0.3) is 0 Å². The zero-order chi connectivity index (χ0) is 15.0. The second kappa shape index (κ2) is 5.71. The normalized spacial score (nSPS) is 28.8. The number of methoxy groups -OCH3 is 2. The molecule has 5 nitrogen and oxygen atoms in total. The van der Waals surface area contributed by atoms with Crippen LogP contribution in [-0.2, 0) is 9.47 Å². The van der Waals surface area contributed by atoms with Gasteiger partial charge in [-0.05, 0) is 39.5 Å². The molecule has 1 aliphatic heterocycles. The minimum Gasteiger partial charge on any atom is -0.380 e. The van der Waals surface area contributed by atoms with E-state index in [1.807, 2.05) is 7.11 Å². The lowest BCUT2D eigenvalue weighted by atomic mass is 9.79. The first-order chi connectivity index (χ1) is 10.1. The lowest BCUT2D eigenvalue weighted by molar-refractivity contribution is -0.0947. The van der Waals surface area contributed by atoms with Gasteiger partial charge in [-0.1, -0.05) is 0 Å². The van der Waals surface area contributed by atoms with Gasteiger partial charge in [-0.2, -0.15) is 0 Å². The highest BCUT2D eigenvalue weighted by atomic mass is 16.5. The summed E-state index contributed by atoms with van der Waals surface area (Å²) in [6.07, 6.45) is 4.90. The third-order valence-electron chi connectivity index (χ3n) is 5.35. The van der Waals surface area contributed by atoms with Crippen LogP contribution in [0.2, 0.25) is 0 Å². The fraction of sp³-hybridized carbons (Fsp3) is 0.812. The average molecular weight is 293 g/mol. The third-order valence-corrected chi connectivity index (χ3v) is 5.35. The van der Waals surface area contributed by atoms with Gasteiger partial charge in [-0.15, -0.1) is 0 Å². The van der Waals surface area contributed by atoms with E-state index >= 15 is 0 Å². The minimum atomic E-state index is 0.0531. The predicted octanol–water partition coefficient (Wildman–Crippen LogP) is 2.36. The van der Waals surface area contributed by atoms with Crippen molar-refractivity contribution in [3.05, 3.63) is 17.2 Å². The molecule has 0 aromatic carbocycles. The largest absolute Gasteiger partial charge is 0.380 e. The first-order valence-corrected chi connectivity index (χ1v) is 7.92. The van der Waals surface area contributed by atoms with Gasteiger partial charge in [0, 0.05) is 33.0 Å². The Kier molecular flexibility index (Phi) is 4.08. The van der Waals surface area contributed by atoms with Crippen LogP contribution in [0.15, 0.2) is 0 Å². The highest BCUT2D eigenvalue weighted by molar-refractivity contribution is 5.15. The van der Waals surface area contributed by atoms with E-state index in [1.54, 1.807) is 7.11 Å². The Balaban J connectivity index is 1.79. The van der Waals surface area contributed by atoms with Crippen LogP contribution in [0.1, 0.15) is 48.9 Å². The number of nitrogens with zero attached hydrogens (tertiary/aromatic N) is 2.